The second-order valence-electron chi connectivity index (χ2n) is 4.00. The van der Waals surface area contributed by atoms with Crippen molar-refractivity contribution in [1.29, 1.82) is 0 Å². The van der Waals surface area contributed by atoms with Crippen molar-refractivity contribution in [3.63, 3.8) is 0 Å². The molecule has 1 heterocycles. The van der Waals surface area contributed by atoms with Gasteiger partial charge in [0.1, 0.15) is 0 Å². The second-order valence-corrected chi connectivity index (χ2v) is 6.32. The molecule has 0 aliphatic carbocycles. The van der Waals surface area contributed by atoms with E-state index in [2.05, 4.69) is 15.3 Å². The van der Waals surface area contributed by atoms with Crippen LogP contribution in [0.25, 0.3) is 0 Å². The van der Waals surface area contributed by atoms with Crippen molar-refractivity contribution in [3.8, 4) is 0 Å². The smallest absolute Gasteiger partial charge is 0.304 e. The van der Waals surface area contributed by atoms with Crippen LogP contribution in [0.1, 0.15) is 0 Å². The molecule has 1 aliphatic rings. The first-order chi connectivity index (χ1) is 8.65. The zero-order valence-electron chi connectivity index (χ0n) is 9.35. The van der Waals surface area contributed by atoms with Gasteiger partial charge in [0.05, 0.1) is 11.4 Å². The molecule has 0 atom stereocenters. The predicted molar refractivity (Wildman–Crippen MR) is 76.4 cm³/mol. The molecule has 0 unspecified atom stereocenters. The number of hydrogen-bond donors (Lipinski definition) is 3. The van der Waals surface area contributed by atoms with Crippen LogP contribution in [0.5, 0.6) is 0 Å². The molecule has 0 saturated carbocycles. The van der Waals surface area contributed by atoms with Gasteiger partial charge in [0, 0.05) is 10.7 Å². The summed E-state index contributed by atoms with van der Waals surface area (Å²) in [4.78, 5) is 0. The SMILES string of the molecule is O=P1(Nc2ccc(Cl)cc2)Nc2ccccc2N1. The van der Waals surface area contributed by atoms with Crippen molar-refractivity contribution < 1.29 is 4.57 Å². The molecule has 2 aromatic rings. The van der Waals surface area contributed by atoms with Crippen molar-refractivity contribution in [2.24, 2.45) is 0 Å². The normalized spacial score (nSPS) is 15.4. The van der Waals surface area contributed by atoms with Crippen molar-refractivity contribution >= 4 is 36.3 Å². The fraction of sp³-hybridized carbons (Fsp3) is 0. The zero-order chi connectivity index (χ0) is 12.6. The molecule has 4 nitrogen and oxygen atoms in total. The minimum Gasteiger partial charge on any atom is -0.304 e. The van der Waals surface area contributed by atoms with Crippen LogP contribution < -0.4 is 15.3 Å². The summed E-state index contributed by atoms with van der Waals surface area (Å²) in [6.07, 6.45) is 0. The Morgan fingerprint density at radius 1 is 0.944 bits per heavy atom. The monoisotopic (exact) mass is 279 g/mol. The van der Waals surface area contributed by atoms with Crippen LogP contribution in [-0.2, 0) is 4.57 Å². The molecule has 0 amide bonds. The van der Waals surface area contributed by atoms with E-state index in [1.807, 2.05) is 24.3 Å². The lowest BCUT2D eigenvalue weighted by Gasteiger charge is -2.15. The molecule has 1 aliphatic heterocycles. The Morgan fingerprint density at radius 2 is 1.50 bits per heavy atom. The highest BCUT2D eigenvalue weighted by Gasteiger charge is 2.29. The van der Waals surface area contributed by atoms with Crippen molar-refractivity contribution in [3.05, 3.63) is 53.6 Å². The zero-order valence-corrected chi connectivity index (χ0v) is 11.0. The van der Waals surface area contributed by atoms with E-state index in [9.17, 15) is 4.57 Å². The summed E-state index contributed by atoms with van der Waals surface area (Å²) in [5.74, 6) is 0. The van der Waals surface area contributed by atoms with E-state index < -0.39 is 7.59 Å². The molecule has 3 rings (SSSR count). The minimum atomic E-state index is -2.88. The number of nitrogens with one attached hydrogen (secondary N) is 3. The van der Waals surface area contributed by atoms with Gasteiger partial charge in [-0.2, -0.15) is 0 Å². The van der Waals surface area contributed by atoms with Crippen LogP contribution in [-0.4, -0.2) is 0 Å². The van der Waals surface area contributed by atoms with Gasteiger partial charge >= 0.3 is 7.59 Å². The van der Waals surface area contributed by atoms with Crippen LogP contribution in [0, 0.1) is 0 Å². The largest absolute Gasteiger partial charge is 0.352 e. The maximum absolute atomic E-state index is 12.6. The van der Waals surface area contributed by atoms with Crippen molar-refractivity contribution in [2.75, 3.05) is 15.3 Å². The molecule has 6 heteroatoms. The Hall–Kier alpha value is -1.64. The first-order valence-electron chi connectivity index (χ1n) is 5.44. The van der Waals surface area contributed by atoms with E-state index in [0.717, 1.165) is 17.1 Å². The molecule has 0 saturated heterocycles. The first-order valence-corrected chi connectivity index (χ1v) is 7.53. The van der Waals surface area contributed by atoms with Crippen LogP contribution in [0.4, 0.5) is 17.1 Å². The lowest BCUT2D eigenvalue weighted by molar-refractivity contribution is 0.585. The highest BCUT2D eigenvalue weighted by Crippen LogP contribution is 2.53. The maximum Gasteiger partial charge on any atom is 0.352 e. The van der Waals surface area contributed by atoms with Crippen LogP contribution in [0.3, 0.4) is 0 Å². The predicted octanol–water partition coefficient (Wildman–Crippen LogP) is 4.40. The summed E-state index contributed by atoms with van der Waals surface area (Å²) in [7, 11) is -2.88. The number of halogens is 1. The summed E-state index contributed by atoms with van der Waals surface area (Å²) in [5, 5.41) is 9.56. The van der Waals surface area contributed by atoms with Gasteiger partial charge in [0.25, 0.3) is 0 Å². The Labute approximate surface area is 110 Å². The number of fused-ring (bicyclic) bond motifs is 1. The van der Waals surface area contributed by atoms with Crippen LogP contribution in [0.15, 0.2) is 48.5 Å². The molecular formula is C12H11ClN3OP. The first kappa shape index (κ1) is 11.5. The topological polar surface area (TPSA) is 53.2 Å². The average Bonchev–Trinajstić information content (AvgIpc) is 2.68. The molecule has 0 bridgehead atoms. The molecule has 0 radical (unpaired) electrons. The standard InChI is InChI=1S/C12H11ClN3OP/c13-9-5-7-10(8-6-9)14-18(17)15-11-3-1-2-4-12(11)16-18/h1-8H,(H3,14,15,16,17). The quantitative estimate of drug-likeness (QED) is 0.713. The van der Waals surface area contributed by atoms with Gasteiger partial charge < -0.3 is 15.3 Å². The van der Waals surface area contributed by atoms with Crippen molar-refractivity contribution in [2.45, 2.75) is 0 Å². The summed E-state index contributed by atoms with van der Waals surface area (Å²) < 4.78 is 12.6. The molecule has 18 heavy (non-hydrogen) atoms. The summed E-state index contributed by atoms with van der Waals surface area (Å²) in [6.45, 7) is 0. The third-order valence-electron chi connectivity index (χ3n) is 2.61. The Bertz CT molecular complexity index is 600. The number of hydrogen-bond acceptors (Lipinski definition) is 1. The molecular weight excluding hydrogens is 269 g/mol. The van der Waals surface area contributed by atoms with Gasteiger partial charge in [-0.1, -0.05) is 23.7 Å². The highest BCUT2D eigenvalue weighted by atomic mass is 35.5. The number of benzene rings is 2. The van der Waals surface area contributed by atoms with E-state index in [0.29, 0.717) is 5.02 Å². The maximum atomic E-state index is 12.6. The third kappa shape index (κ3) is 2.17. The number of rotatable bonds is 2. The second kappa shape index (κ2) is 4.23. The van der Waals surface area contributed by atoms with Crippen LogP contribution in [0.2, 0.25) is 5.02 Å². The van der Waals surface area contributed by atoms with Gasteiger partial charge in [-0.3, -0.25) is 4.57 Å². The van der Waals surface area contributed by atoms with Gasteiger partial charge in [0.2, 0.25) is 0 Å². The van der Waals surface area contributed by atoms with E-state index in [-0.39, 0.29) is 0 Å². The summed E-state index contributed by atoms with van der Waals surface area (Å²) >= 11 is 5.81. The summed E-state index contributed by atoms with van der Waals surface area (Å²) in [5.41, 5.74) is 2.42. The molecule has 2 aromatic carbocycles. The number of anilines is 3. The van der Waals surface area contributed by atoms with E-state index >= 15 is 0 Å². The molecule has 0 spiro atoms. The fourth-order valence-corrected chi connectivity index (χ4v) is 3.68. The lowest BCUT2D eigenvalue weighted by atomic mass is 10.3. The molecule has 3 N–H and O–H groups in total. The molecule has 0 aromatic heterocycles. The Balaban J connectivity index is 1.83. The highest BCUT2D eigenvalue weighted by molar-refractivity contribution is 7.69. The van der Waals surface area contributed by atoms with E-state index in [1.165, 1.54) is 0 Å². The lowest BCUT2D eigenvalue weighted by Crippen LogP contribution is -2.06. The minimum absolute atomic E-state index is 0.648. The fourth-order valence-electron chi connectivity index (χ4n) is 1.81. The summed E-state index contributed by atoms with van der Waals surface area (Å²) in [6, 6.07) is 14.6. The van der Waals surface area contributed by atoms with Gasteiger partial charge in [0.15, 0.2) is 0 Å². The Kier molecular flexibility index (Phi) is 2.69. The average molecular weight is 280 g/mol. The third-order valence-corrected chi connectivity index (χ3v) is 4.55. The number of para-hydroxylation sites is 2. The van der Waals surface area contributed by atoms with Crippen molar-refractivity contribution in [1.82, 2.24) is 0 Å². The van der Waals surface area contributed by atoms with Crippen LogP contribution >= 0.6 is 19.2 Å². The van der Waals surface area contributed by atoms with E-state index in [4.69, 9.17) is 11.6 Å². The van der Waals surface area contributed by atoms with Gasteiger partial charge in [-0.15, -0.1) is 0 Å². The molecule has 92 valence electrons. The van der Waals surface area contributed by atoms with Gasteiger partial charge in [-0.25, -0.2) is 0 Å². The van der Waals surface area contributed by atoms with E-state index in [1.54, 1.807) is 24.3 Å². The Morgan fingerprint density at radius 3 is 2.06 bits per heavy atom. The molecule has 0 fully saturated rings. The van der Waals surface area contributed by atoms with Gasteiger partial charge in [-0.05, 0) is 36.4 Å².